The van der Waals surface area contributed by atoms with Gasteiger partial charge in [-0.15, -0.1) is 0 Å². The van der Waals surface area contributed by atoms with Crippen LogP contribution in [0.25, 0.3) is 0 Å². The molecule has 2 aliphatic rings. The van der Waals surface area contributed by atoms with Crippen LogP contribution in [0.2, 0.25) is 10.0 Å². The molecule has 0 bridgehead atoms. The maximum atomic E-state index is 13.4. The lowest BCUT2D eigenvalue weighted by molar-refractivity contribution is -0.119. The van der Waals surface area contributed by atoms with Crippen LogP contribution in [-0.4, -0.2) is 11.7 Å². The summed E-state index contributed by atoms with van der Waals surface area (Å²) in [5.41, 5.74) is 2.89. The van der Waals surface area contributed by atoms with E-state index in [1.54, 1.807) is 17.0 Å². The lowest BCUT2D eigenvalue weighted by Gasteiger charge is -2.38. The summed E-state index contributed by atoms with van der Waals surface area (Å²) in [4.78, 5) is 28.1. The Morgan fingerprint density at radius 2 is 1.55 bits per heavy atom. The largest absolute Gasteiger partial charge is 0.457 e. The number of carbonyl (C=O) groups excluding carboxylic acids is 2. The van der Waals surface area contributed by atoms with Gasteiger partial charge >= 0.3 is 0 Å². The number of benzene rings is 3. The minimum atomic E-state index is -0.386. The number of para-hydroxylation sites is 1. The van der Waals surface area contributed by atoms with Crippen molar-refractivity contribution in [3.8, 4) is 11.5 Å². The standard InChI is InChI=1S/C27H21Cl2NO3/c28-22-9-4-8-20(27(22)29)21-16-25(32)30(23-10-5-11-24(31)26(21)23)17-12-14-19(15-13-17)33-18-6-2-1-3-7-18/h1-4,6-9,12-15,21H,5,10-11,16H2. The Kier molecular flexibility index (Phi) is 5.96. The maximum Gasteiger partial charge on any atom is 0.232 e. The molecule has 0 radical (unpaired) electrons. The number of hydrogen-bond acceptors (Lipinski definition) is 3. The SMILES string of the molecule is O=C1CCCC2=C1C(c1cccc(Cl)c1Cl)CC(=O)N2c1ccc(Oc2ccccc2)cc1. The van der Waals surface area contributed by atoms with E-state index in [4.69, 9.17) is 27.9 Å². The molecular formula is C27H21Cl2NO3. The zero-order chi connectivity index (χ0) is 22.9. The molecule has 1 heterocycles. The topological polar surface area (TPSA) is 46.6 Å². The van der Waals surface area contributed by atoms with Gasteiger partial charge in [-0.3, -0.25) is 14.5 Å². The first-order valence-corrected chi connectivity index (χ1v) is 11.6. The number of Topliss-reactive ketones (excluding diaryl/α,β-unsaturated/α-hetero) is 1. The molecule has 1 aliphatic heterocycles. The molecule has 0 saturated carbocycles. The predicted octanol–water partition coefficient (Wildman–Crippen LogP) is 7.31. The van der Waals surface area contributed by atoms with Crippen LogP contribution in [0.3, 0.4) is 0 Å². The Morgan fingerprint density at radius 1 is 0.818 bits per heavy atom. The molecule has 3 aromatic carbocycles. The number of ketones is 1. The van der Waals surface area contributed by atoms with Crippen LogP contribution in [0.1, 0.15) is 37.2 Å². The first-order valence-electron chi connectivity index (χ1n) is 10.9. The molecule has 0 fully saturated rings. The Hall–Kier alpha value is -3.08. The molecule has 1 unspecified atom stereocenters. The molecule has 1 atom stereocenters. The van der Waals surface area contributed by atoms with Crippen molar-refractivity contribution in [3.05, 3.63) is 99.7 Å². The number of halogens is 2. The average molecular weight is 478 g/mol. The van der Waals surface area contributed by atoms with Gasteiger partial charge in [0.05, 0.1) is 10.0 Å². The Labute approximate surface area is 202 Å². The summed E-state index contributed by atoms with van der Waals surface area (Å²) < 4.78 is 5.87. The van der Waals surface area contributed by atoms with Gasteiger partial charge in [-0.05, 0) is 60.9 Å². The van der Waals surface area contributed by atoms with Crippen molar-refractivity contribution in [2.75, 3.05) is 4.90 Å². The molecule has 1 amide bonds. The van der Waals surface area contributed by atoms with E-state index in [1.807, 2.05) is 60.7 Å². The van der Waals surface area contributed by atoms with Crippen molar-refractivity contribution in [3.63, 3.8) is 0 Å². The molecule has 166 valence electrons. The van der Waals surface area contributed by atoms with Crippen molar-refractivity contribution < 1.29 is 14.3 Å². The minimum Gasteiger partial charge on any atom is -0.457 e. The van der Waals surface area contributed by atoms with Gasteiger partial charge < -0.3 is 4.74 Å². The molecule has 5 rings (SSSR count). The quantitative estimate of drug-likeness (QED) is 0.395. The van der Waals surface area contributed by atoms with Crippen LogP contribution in [-0.2, 0) is 9.59 Å². The van der Waals surface area contributed by atoms with Gasteiger partial charge in [0.2, 0.25) is 5.91 Å². The van der Waals surface area contributed by atoms with Crippen molar-refractivity contribution in [2.45, 2.75) is 31.6 Å². The number of ether oxygens (including phenoxy) is 1. The summed E-state index contributed by atoms with van der Waals surface area (Å²) >= 11 is 12.7. The fraction of sp³-hybridized carbons (Fsp3) is 0.185. The Balaban J connectivity index is 1.52. The summed E-state index contributed by atoms with van der Waals surface area (Å²) in [6.45, 7) is 0. The normalized spacial score (nSPS) is 18.4. The Morgan fingerprint density at radius 3 is 2.30 bits per heavy atom. The number of amides is 1. The van der Waals surface area contributed by atoms with E-state index < -0.39 is 0 Å². The second-order valence-corrected chi connectivity index (χ2v) is 8.96. The van der Waals surface area contributed by atoms with Crippen LogP contribution in [0.15, 0.2) is 84.1 Å². The van der Waals surface area contributed by atoms with Gasteiger partial charge in [-0.2, -0.15) is 0 Å². The summed E-state index contributed by atoms with van der Waals surface area (Å²) in [5, 5.41) is 0.821. The van der Waals surface area contributed by atoms with Gasteiger partial charge in [0.1, 0.15) is 11.5 Å². The van der Waals surface area contributed by atoms with Crippen LogP contribution in [0.5, 0.6) is 11.5 Å². The van der Waals surface area contributed by atoms with Gasteiger partial charge in [-0.1, -0.05) is 53.5 Å². The predicted molar refractivity (Wildman–Crippen MR) is 130 cm³/mol. The van der Waals surface area contributed by atoms with Gasteiger partial charge in [0, 0.05) is 35.7 Å². The van der Waals surface area contributed by atoms with Crippen LogP contribution < -0.4 is 9.64 Å². The van der Waals surface area contributed by atoms with Crippen LogP contribution >= 0.6 is 23.2 Å². The summed E-state index contributed by atoms with van der Waals surface area (Å²) in [5.74, 6) is 1.03. The van der Waals surface area contributed by atoms with E-state index in [1.165, 1.54) is 0 Å². The summed E-state index contributed by atoms with van der Waals surface area (Å²) in [7, 11) is 0. The lowest BCUT2D eigenvalue weighted by Crippen LogP contribution is -2.40. The number of rotatable bonds is 4. The maximum absolute atomic E-state index is 13.4. The van der Waals surface area contributed by atoms with E-state index in [-0.39, 0.29) is 24.0 Å². The van der Waals surface area contributed by atoms with Crippen molar-refractivity contribution in [1.29, 1.82) is 0 Å². The molecule has 33 heavy (non-hydrogen) atoms. The molecule has 3 aromatic rings. The molecule has 0 N–H and O–H groups in total. The van der Waals surface area contributed by atoms with Gasteiger partial charge in [0.25, 0.3) is 0 Å². The molecule has 0 spiro atoms. The number of hydrogen-bond donors (Lipinski definition) is 0. The smallest absolute Gasteiger partial charge is 0.232 e. The van der Waals surface area contributed by atoms with Gasteiger partial charge in [0.15, 0.2) is 5.78 Å². The lowest BCUT2D eigenvalue weighted by atomic mass is 9.77. The van der Waals surface area contributed by atoms with E-state index in [9.17, 15) is 9.59 Å². The fourth-order valence-corrected chi connectivity index (χ4v) is 5.08. The second-order valence-electron chi connectivity index (χ2n) is 8.18. The first kappa shape index (κ1) is 21.7. The number of carbonyl (C=O) groups is 2. The highest BCUT2D eigenvalue weighted by atomic mass is 35.5. The van der Waals surface area contributed by atoms with Crippen molar-refractivity contribution in [1.82, 2.24) is 0 Å². The van der Waals surface area contributed by atoms with Crippen molar-refractivity contribution >= 4 is 40.6 Å². The zero-order valence-corrected chi connectivity index (χ0v) is 19.3. The van der Waals surface area contributed by atoms with E-state index >= 15 is 0 Å². The third-order valence-electron chi connectivity index (χ3n) is 6.11. The zero-order valence-electron chi connectivity index (χ0n) is 17.8. The van der Waals surface area contributed by atoms with Gasteiger partial charge in [-0.25, -0.2) is 0 Å². The molecule has 4 nitrogen and oxygen atoms in total. The molecular weight excluding hydrogens is 457 g/mol. The summed E-state index contributed by atoms with van der Waals surface area (Å²) in [6, 6.07) is 22.3. The number of anilines is 1. The highest BCUT2D eigenvalue weighted by Gasteiger charge is 2.40. The summed E-state index contributed by atoms with van der Waals surface area (Å²) in [6.07, 6.45) is 2.00. The first-order chi connectivity index (χ1) is 16.0. The monoisotopic (exact) mass is 477 g/mol. The van der Waals surface area contributed by atoms with E-state index in [0.29, 0.717) is 40.6 Å². The van der Waals surface area contributed by atoms with E-state index in [0.717, 1.165) is 22.7 Å². The number of nitrogens with zero attached hydrogens (tertiary/aromatic N) is 1. The molecule has 1 aliphatic carbocycles. The molecule has 0 aromatic heterocycles. The van der Waals surface area contributed by atoms with Crippen LogP contribution in [0, 0.1) is 0 Å². The Bertz CT molecular complexity index is 1250. The fourth-order valence-electron chi connectivity index (χ4n) is 4.64. The minimum absolute atomic E-state index is 0.0683. The molecule has 6 heteroatoms. The highest BCUT2D eigenvalue weighted by Crippen LogP contribution is 2.46. The van der Waals surface area contributed by atoms with Crippen LogP contribution in [0.4, 0.5) is 5.69 Å². The average Bonchev–Trinajstić information content (AvgIpc) is 2.82. The third-order valence-corrected chi connectivity index (χ3v) is 6.94. The highest BCUT2D eigenvalue weighted by molar-refractivity contribution is 6.42. The third kappa shape index (κ3) is 4.17. The molecule has 0 saturated heterocycles. The number of allylic oxidation sites excluding steroid dienone is 2. The second kappa shape index (κ2) is 9.05. The van der Waals surface area contributed by atoms with Crippen molar-refractivity contribution in [2.24, 2.45) is 0 Å². The van der Waals surface area contributed by atoms with E-state index in [2.05, 4.69) is 0 Å².